The number of cyclic esters (lactones) is 6. The highest BCUT2D eigenvalue weighted by molar-refractivity contribution is 5.94. The molecule has 0 aromatic carbocycles. The predicted octanol–water partition coefficient (Wildman–Crippen LogP) is -0.658. The summed E-state index contributed by atoms with van der Waals surface area (Å²) < 4.78 is 18.8. The fourth-order valence-electron chi connectivity index (χ4n) is 3.29. The summed E-state index contributed by atoms with van der Waals surface area (Å²) in [6.07, 6.45) is -0.656. The van der Waals surface area contributed by atoms with E-state index >= 15 is 0 Å². The Morgan fingerprint density at radius 2 is 1.18 bits per heavy atom. The first-order valence-corrected chi connectivity index (χ1v) is 8.72. The third kappa shape index (κ3) is 4.21. The fraction of sp³-hybridized carbons (Fsp3) is 0.625. The standard InChI is InChI=1S/C16H18N2O10/c19-11-7-25-13(21)9-3-1-5-17(9)15(23)26-8-12(20)28-16(24)18-6-2-4-10(18)14(22)27-11/h9-10H,1-8H2. The van der Waals surface area contributed by atoms with E-state index in [-0.39, 0.29) is 25.9 Å². The van der Waals surface area contributed by atoms with Crippen molar-refractivity contribution in [2.24, 2.45) is 0 Å². The molecule has 12 heteroatoms. The first-order chi connectivity index (χ1) is 13.4. The van der Waals surface area contributed by atoms with Crippen LogP contribution in [-0.2, 0) is 38.1 Å². The first-order valence-electron chi connectivity index (χ1n) is 8.72. The van der Waals surface area contributed by atoms with E-state index in [1.165, 1.54) is 0 Å². The number of rotatable bonds is 0. The van der Waals surface area contributed by atoms with Crippen LogP contribution in [0, 0.1) is 0 Å². The van der Waals surface area contributed by atoms with Crippen molar-refractivity contribution in [1.29, 1.82) is 0 Å². The van der Waals surface area contributed by atoms with Gasteiger partial charge in [-0.15, -0.1) is 0 Å². The molecule has 3 rings (SSSR count). The number of nitrogens with zero attached hydrogens (tertiary/aromatic N) is 2. The Kier molecular flexibility index (Phi) is 5.76. The molecule has 3 fully saturated rings. The zero-order valence-electron chi connectivity index (χ0n) is 14.8. The van der Waals surface area contributed by atoms with Gasteiger partial charge in [-0.05, 0) is 25.7 Å². The van der Waals surface area contributed by atoms with Gasteiger partial charge in [-0.25, -0.2) is 28.8 Å². The Hall–Kier alpha value is -3.18. The van der Waals surface area contributed by atoms with Crippen molar-refractivity contribution in [3.8, 4) is 0 Å². The lowest BCUT2D eigenvalue weighted by Crippen LogP contribution is -2.45. The van der Waals surface area contributed by atoms with E-state index in [4.69, 9.17) is 9.47 Å². The van der Waals surface area contributed by atoms with Gasteiger partial charge in [0.25, 0.3) is 0 Å². The van der Waals surface area contributed by atoms with Crippen LogP contribution in [0.3, 0.4) is 0 Å². The van der Waals surface area contributed by atoms with Gasteiger partial charge < -0.3 is 18.9 Å². The molecule has 3 saturated heterocycles. The SMILES string of the molecule is O=C1COC(=O)C2CCCN2C(=O)OCC(=O)OC(=O)N2CCCC2C(=O)O1. The summed E-state index contributed by atoms with van der Waals surface area (Å²) in [5, 5.41) is 0. The number of amides is 2. The van der Waals surface area contributed by atoms with E-state index in [1.54, 1.807) is 0 Å². The zero-order chi connectivity index (χ0) is 20.3. The van der Waals surface area contributed by atoms with E-state index in [0.29, 0.717) is 12.8 Å². The molecule has 0 aromatic heterocycles. The van der Waals surface area contributed by atoms with Crippen LogP contribution in [0.5, 0.6) is 0 Å². The highest BCUT2D eigenvalue weighted by Gasteiger charge is 2.40. The Morgan fingerprint density at radius 1 is 0.643 bits per heavy atom. The van der Waals surface area contributed by atoms with E-state index < -0.39 is 61.4 Å². The third-order valence-corrected chi connectivity index (χ3v) is 4.58. The lowest BCUT2D eigenvalue weighted by atomic mass is 10.2. The molecule has 2 amide bonds. The highest BCUT2D eigenvalue weighted by atomic mass is 16.6. The molecule has 3 heterocycles. The van der Waals surface area contributed by atoms with Crippen LogP contribution in [0.1, 0.15) is 25.7 Å². The van der Waals surface area contributed by atoms with Gasteiger partial charge in [0.2, 0.25) is 0 Å². The smallest absolute Gasteiger partial charge is 0.418 e. The van der Waals surface area contributed by atoms with E-state index in [2.05, 4.69) is 9.47 Å². The van der Waals surface area contributed by atoms with Crippen molar-refractivity contribution in [3.63, 3.8) is 0 Å². The number of hydrogen-bond donors (Lipinski definition) is 0. The molecule has 28 heavy (non-hydrogen) atoms. The molecule has 0 N–H and O–H groups in total. The number of hydrogen-bond acceptors (Lipinski definition) is 10. The normalized spacial score (nSPS) is 27.6. The van der Waals surface area contributed by atoms with Gasteiger partial charge in [-0.1, -0.05) is 0 Å². The second-order valence-electron chi connectivity index (χ2n) is 6.40. The molecular weight excluding hydrogens is 380 g/mol. The molecule has 152 valence electrons. The largest absolute Gasteiger partial charge is 0.452 e. The predicted molar refractivity (Wildman–Crippen MR) is 84.4 cm³/mol. The van der Waals surface area contributed by atoms with E-state index in [9.17, 15) is 28.8 Å². The van der Waals surface area contributed by atoms with Crippen molar-refractivity contribution >= 4 is 36.1 Å². The summed E-state index contributed by atoms with van der Waals surface area (Å²) in [5.74, 6) is -4.12. The maximum atomic E-state index is 12.1. The quantitative estimate of drug-likeness (QED) is 0.293. The summed E-state index contributed by atoms with van der Waals surface area (Å²) in [4.78, 5) is 74.1. The van der Waals surface area contributed by atoms with Crippen molar-refractivity contribution in [1.82, 2.24) is 9.80 Å². The maximum absolute atomic E-state index is 12.1. The van der Waals surface area contributed by atoms with Crippen LogP contribution in [0.2, 0.25) is 0 Å². The second-order valence-corrected chi connectivity index (χ2v) is 6.40. The Labute approximate surface area is 158 Å². The molecular formula is C16H18N2O10. The summed E-state index contributed by atoms with van der Waals surface area (Å²) in [6.45, 7) is -1.36. The topological polar surface area (TPSA) is 146 Å². The number of fused-ring (bicyclic) bond motifs is 2. The van der Waals surface area contributed by atoms with E-state index in [0.717, 1.165) is 9.80 Å². The summed E-state index contributed by atoms with van der Waals surface area (Å²) in [6, 6.07) is -2.10. The molecule has 0 bridgehead atoms. The number of carbonyl (C=O) groups is 6. The molecule has 3 aliphatic heterocycles. The van der Waals surface area contributed by atoms with Crippen molar-refractivity contribution in [2.45, 2.75) is 37.8 Å². The molecule has 3 aliphatic rings. The molecule has 2 unspecified atom stereocenters. The Bertz CT molecular complexity index is 662. The van der Waals surface area contributed by atoms with E-state index in [1.807, 2.05) is 0 Å². The minimum Gasteiger partial charge on any atom is -0.452 e. The number of ether oxygens (including phenoxy) is 4. The first kappa shape index (κ1) is 19.6. The minimum atomic E-state index is -1.14. The molecule has 0 aromatic rings. The fourth-order valence-corrected chi connectivity index (χ4v) is 3.29. The van der Waals surface area contributed by atoms with Gasteiger partial charge in [-0.2, -0.15) is 0 Å². The molecule has 0 spiro atoms. The molecule has 0 radical (unpaired) electrons. The van der Waals surface area contributed by atoms with Crippen LogP contribution in [0.4, 0.5) is 9.59 Å². The monoisotopic (exact) mass is 398 g/mol. The molecule has 0 saturated carbocycles. The number of carbonyl (C=O) groups excluding carboxylic acids is 6. The highest BCUT2D eigenvalue weighted by Crippen LogP contribution is 2.21. The lowest BCUT2D eigenvalue weighted by molar-refractivity contribution is -0.170. The van der Waals surface area contributed by atoms with Crippen LogP contribution in [0.15, 0.2) is 0 Å². The molecule has 2 atom stereocenters. The summed E-state index contributed by atoms with van der Waals surface area (Å²) >= 11 is 0. The zero-order valence-corrected chi connectivity index (χ0v) is 14.8. The summed E-state index contributed by atoms with van der Waals surface area (Å²) in [7, 11) is 0. The molecule has 0 aliphatic carbocycles. The lowest BCUT2D eigenvalue weighted by Gasteiger charge is -2.24. The van der Waals surface area contributed by atoms with Crippen LogP contribution < -0.4 is 0 Å². The van der Waals surface area contributed by atoms with Crippen molar-refractivity contribution in [2.75, 3.05) is 26.3 Å². The van der Waals surface area contributed by atoms with Gasteiger partial charge in [-0.3, -0.25) is 9.80 Å². The third-order valence-electron chi connectivity index (χ3n) is 4.58. The van der Waals surface area contributed by atoms with Gasteiger partial charge >= 0.3 is 36.1 Å². The summed E-state index contributed by atoms with van der Waals surface area (Å²) in [5.41, 5.74) is 0. The molecule has 12 nitrogen and oxygen atoms in total. The van der Waals surface area contributed by atoms with Crippen LogP contribution in [-0.4, -0.2) is 84.3 Å². The van der Waals surface area contributed by atoms with Gasteiger partial charge in [0.15, 0.2) is 13.2 Å². The average molecular weight is 398 g/mol. The van der Waals surface area contributed by atoms with Gasteiger partial charge in [0, 0.05) is 13.1 Å². The van der Waals surface area contributed by atoms with Gasteiger partial charge in [0.05, 0.1) is 0 Å². The van der Waals surface area contributed by atoms with Crippen LogP contribution >= 0.6 is 0 Å². The minimum absolute atomic E-state index is 0.115. The van der Waals surface area contributed by atoms with Crippen LogP contribution in [0.25, 0.3) is 0 Å². The number of esters is 4. The van der Waals surface area contributed by atoms with Crippen molar-refractivity contribution < 1.29 is 47.7 Å². The van der Waals surface area contributed by atoms with Crippen molar-refractivity contribution in [3.05, 3.63) is 0 Å². The van der Waals surface area contributed by atoms with Gasteiger partial charge in [0.1, 0.15) is 12.1 Å². The average Bonchev–Trinajstić information content (AvgIpc) is 3.32. The maximum Gasteiger partial charge on any atom is 0.418 e. The Balaban J connectivity index is 1.76. The second kappa shape index (κ2) is 8.23. The Morgan fingerprint density at radius 3 is 1.86 bits per heavy atom.